The smallest absolute Gasteiger partial charge is 0.253 e. The summed E-state index contributed by atoms with van der Waals surface area (Å²) >= 11 is 0. The first-order valence-electron chi connectivity index (χ1n) is 9.98. The van der Waals surface area contributed by atoms with Crippen molar-refractivity contribution in [2.24, 2.45) is 0 Å². The molecule has 4 aromatic rings. The third kappa shape index (κ3) is 5.60. The highest BCUT2D eigenvalue weighted by atomic mass is 16.8. The van der Waals surface area contributed by atoms with Gasteiger partial charge in [0, 0.05) is 22.0 Å². The Kier molecular flexibility index (Phi) is 6.72. The van der Waals surface area contributed by atoms with Crippen LogP contribution in [0, 0.1) is 5.21 Å². The minimum atomic E-state index is -0.415. The van der Waals surface area contributed by atoms with Crippen molar-refractivity contribution in [3.63, 3.8) is 0 Å². The molecule has 0 unspecified atom stereocenters. The summed E-state index contributed by atoms with van der Waals surface area (Å²) in [5, 5.41) is 18.3. The lowest BCUT2D eigenvalue weighted by molar-refractivity contribution is -0.809. The van der Waals surface area contributed by atoms with E-state index in [2.05, 4.69) is 15.1 Å². The van der Waals surface area contributed by atoms with Gasteiger partial charge in [-0.05, 0) is 53.5 Å². The fourth-order valence-electron chi connectivity index (χ4n) is 3.00. The summed E-state index contributed by atoms with van der Waals surface area (Å²) in [5.41, 5.74) is 2.19. The van der Waals surface area contributed by atoms with Gasteiger partial charge in [-0.3, -0.25) is 14.2 Å². The number of furan rings is 1. The Hall–Kier alpha value is -4.50. The van der Waals surface area contributed by atoms with Crippen LogP contribution in [-0.4, -0.2) is 23.5 Å². The van der Waals surface area contributed by atoms with E-state index in [-0.39, 0.29) is 29.6 Å². The molecule has 2 heterocycles. The van der Waals surface area contributed by atoms with Crippen molar-refractivity contribution in [1.82, 2.24) is 5.16 Å². The SMILES string of the molecule is O=C(COCc1c(-c2ccccc2)no[n+]1[O-])Nc1ccc(C(=O)/C=C/c2ccco2)cc1. The molecule has 0 aliphatic rings. The van der Waals surface area contributed by atoms with Gasteiger partial charge in [-0.2, -0.15) is 0 Å². The van der Waals surface area contributed by atoms with E-state index >= 15 is 0 Å². The van der Waals surface area contributed by atoms with Crippen molar-refractivity contribution in [3.05, 3.63) is 101 Å². The van der Waals surface area contributed by atoms with Crippen LogP contribution >= 0.6 is 0 Å². The van der Waals surface area contributed by atoms with Gasteiger partial charge in [0.05, 0.1) is 6.26 Å². The van der Waals surface area contributed by atoms with E-state index in [9.17, 15) is 14.8 Å². The number of amides is 1. The molecule has 1 amide bonds. The molecule has 33 heavy (non-hydrogen) atoms. The monoisotopic (exact) mass is 445 g/mol. The number of nitrogens with zero attached hydrogens (tertiary/aromatic N) is 2. The van der Waals surface area contributed by atoms with E-state index in [0.717, 1.165) is 0 Å². The molecule has 9 nitrogen and oxygen atoms in total. The van der Waals surface area contributed by atoms with Crippen molar-refractivity contribution in [2.75, 3.05) is 11.9 Å². The predicted octanol–water partition coefficient (Wildman–Crippen LogP) is 3.62. The standard InChI is InChI=1S/C24H19N3O6/c28-22(13-12-20-7-4-14-32-20)17-8-10-19(11-9-17)25-23(29)16-31-15-21-24(26-33-27(21)30)18-5-2-1-3-6-18/h1-14H,15-16H2,(H,25,29)/b13-12+. The van der Waals surface area contributed by atoms with Gasteiger partial charge in [-0.1, -0.05) is 30.3 Å². The van der Waals surface area contributed by atoms with Gasteiger partial charge >= 0.3 is 0 Å². The number of hydrogen-bond acceptors (Lipinski definition) is 7. The molecule has 2 aromatic carbocycles. The van der Waals surface area contributed by atoms with E-state index in [1.165, 1.54) is 12.3 Å². The van der Waals surface area contributed by atoms with Gasteiger partial charge < -0.3 is 19.7 Å². The first kappa shape index (κ1) is 21.7. The molecule has 0 saturated heterocycles. The maximum Gasteiger partial charge on any atom is 0.253 e. The van der Waals surface area contributed by atoms with Crippen LogP contribution in [0.5, 0.6) is 0 Å². The van der Waals surface area contributed by atoms with E-state index in [0.29, 0.717) is 28.3 Å². The van der Waals surface area contributed by atoms with Gasteiger partial charge in [-0.15, -0.1) is 0 Å². The number of aromatic nitrogens is 2. The number of carbonyl (C=O) groups is 2. The number of hydrogen-bond donors (Lipinski definition) is 1. The summed E-state index contributed by atoms with van der Waals surface area (Å²) in [7, 11) is 0. The molecule has 0 aliphatic heterocycles. The van der Waals surface area contributed by atoms with Crippen LogP contribution in [0.25, 0.3) is 17.3 Å². The molecule has 0 atom stereocenters. The minimum Gasteiger partial charge on any atom is -0.465 e. The molecule has 0 saturated carbocycles. The summed E-state index contributed by atoms with van der Waals surface area (Å²) < 4.78 is 15.2. The number of anilines is 1. The van der Waals surface area contributed by atoms with Gasteiger partial charge in [0.1, 0.15) is 19.0 Å². The Balaban J connectivity index is 1.28. The normalized spacial score (nSPS) is 11.0. The summed E-state index contributed by atoms with van der Waals surface area (Å²) in [5.74, 6) is -0.0275. The maximum absolute atomic E-state index is 12.2. The Morgan fingerprint density at radius 3 is 2.58 bits per heavy atom. The molecule has 0 radical (unpaired) electrons. The summed E-state index contributed by atoms with van der Waals surface area (Å²) in [6.45, 7) is -0.438. The second-order valence-electron chi connectivity index (χ2n) is 6.92. The fraction of sp³-hybridized carbons (Fsp3) is 0.0833. The zero-order valence-electron chi connectivity index (χ0n) is 17.3. The number of ether oxygens (including phenoxy) is 1. The molecule has 4 rings (SSSR count). The zero-order valence-corrected chi connectivity index (χ0v) is 17.3. The van der Waals surface area contributed by atoms with E-state index in [1.807, 2.05) is 18.2 Å². The molecule has 166 valence electrons. The van der Waals surface area contributed by atoms with Gasteiger partial charge in [0.15, 0.2) is 5.78 Å². The molecule has 0 spiro atoms. The summed E-state index contributed by atoms with van der Waals surface area (Å²) in [4.78, 5) is 24.7. The Morgan fingerprint density at radius 2 is 1.85 bits per heavy atom. The summed E-state index contributed by atoms with van der Waals surface area (Å²) in [6.07, 6.45) is 4.52. The maximum atomic E-state index is 12.2. The molecular formula is C24H19N3O6. The Bertz CT molecular complexity index is 1250. The van der Waals surface area contributed by atoms with Crippen LogP contribution in [0.1, 0.15) is 21.8 Å². The topological polar surface area (TPSA) is 122 Å². The first-order chi connectivity index (χ1) is 16.1. The van der Waals surface area contributed by atoms with Crippen LogP contribution in [0.2, 0.25) is 0 Å². The van der Waals surface area contributed by atoms with Gasteiger partial charge in [0.2, 0.25) is 11.6 Å². The minimum absolute atomic E-state index is 0.153. The highest BCUT2D eigenvalue weighted by molar-refractivity contribution is 6.07. The third-order valence-corrected chi connectivity index (χ3v) is 4.61. The van der Waals surface area contributed by atoms with Crippen molar-refractivity contribution in [1.29, 1.82) is 0 Å². The Morgan fingerprint density at radius 1 is 1.06 bits per heavy atom. The van der Waals surface area contributed by atoms with Crippen molar-refractivity contribution >= 4 is 23.5 Å². The third-order valence-electron chi connectivity index (χ3n) is 4.61. The summed E-state index contributed by atoms with van der Waals surface area (Å²) in [6, 6.07) is 19.0. The van der Waals surface area contributed by atoms with Crippen molar-refractivity contribution in [3.8, 4) is 11.3 Å². The zero-order chi connectivity index (χ0) is 23.0. The van der Waals surface area contributed by atoms with Crippen LogP contribution in [0.3, 0.4) is 0 Å². The molecular weight excluding hydrogens is 426 g/mol. The average Bonchev–Trinajstić information content (AvgIpc) is 3.49. The number of carbonyl (C=O) groups excluding carboxylic acids is 2. The number of allylic oxidation sites excluding steroid dienone is 1. The number of benzene rings is 2. The second kappa shape index (κ2) is 10.2. The average molecular weight is 445 g/mol. The number of rotatable bonds is 9. The molecule has 9 heteroatoms. The van der Waals surface area contributed by atoms with Crippen molar-refractivity contribution in [2.45, 2.75) is 6.61 Å². The Labute approximate surface area is 188 Å². The predicted molar refractivity (Wildman–Crippen MR) is 118 cm³/mol. The highest BCUT2D eigenvalue weighted by Gasteiger charge is 2.21. The molecule has 0 bridgehead atoms. The van der Waals surface area contributed by atoms with E-state index in [1.54, 1.807) is 54.6 Å². The quantitative estimate of drug-likeness (QED) is 0.237. The molecule has 2 aromatic heterocycles. The lowest BCUT2D eigenvalue weighted by atomic mass is 10.1. The first-order valence-corrected chi connectivity index (χ1v) is 9.98. The van der Waals surface area contributed by atoms with Gasteiger partial charge in [0.25, 0.3) is 5.69 Å². The molecule has 0 aliphatic carbocycles. The van der Waals surface area contributed by atoms with Crippen LogP contribution in [0.15, 0.2) is 88.1 Å². The van der Waals surface area contributed by atoms with Crippen LogP contribution in [0.4, 0.5) is 5.69 Å². The fourth-order valence-corrected chi connectivity index (χ4v) is 3.00. The highest BCUT2D eigenvalue weighted by Crippen LogP contribution is 2.19. The van der Waals surface area contributed by atoms with E-state index in [4.69, 9.17) is 9.15 Å². The molecule has 1 N–H and O–H groups in total. The number of ketones is 1. The molecule has 0 fully saturated rings. The van der Waals surface area contributed by atoms with Gasteiger partial charge in [-0.25, -0.2) is 0 Å². The lowest BCUT2D eigenvalue weighted by Gasteiger charge is -2.06. The number of nitrogens with one attached hydrogen (secondary N) is 1. The largest absolute Gasteiger partial charge is 0.465 e. The van der Waals surface area contributed by atoms with Crippen molar-refractivity contribution < 1.29 is 28.3 Å². The van der Waals surface area contributed by atoms with Crippen LogP contribution < -0.4 is 10.2 Å². The van der Waals surface area contributed by atoms with Crippen LogP contribution in [-0.2, 0) is 16.1 Å². The lowest BCUT2D eigenvalue weighted by Crippen LogP contribution is -2.29. The van der Waals surface area contributed by atoms with E-state index < -0.39 is 5.91 Å². The second-order valence-corrected chi connectivity index (χ2v) is 6.92.